The molecule has 1 aliphatic heterocycles. The van der Waals surface area contributed by atoms with Crippen LogP contribution in [0.25, 0.3) is 0 Å². The van der Waals surface area contributed by atoms with E-state index in [2.05, 4.69) is 71.2 Å². The van der Waals surface area contributed by atoms with Crippen molar-refractivity contribution in [3.8, 4) is 0 Å². The van der Waals surface area contributed by atoms with Gasteiger partial charge in [-0.1, -0.05) is 42.8 Å². The summed E-state index contributed by atoms with van der Waals surface area (Å²) < 4.78 is 11.4. The van der Waals surface area contributed by atoms with Crippen molar-refractivity contribution in [2.75, 3.05) is 33.3 Å². The first kappa shape index (κ1) is 24.6. The van der Waals surface area contributed by atoms with Gasteiger partial charge in [0, 0.05) is 32.5 Å². The number of nitrogens with one attached hydrogen (secondary N) is 1. The lowest BCUT2D eigenvalue weighted by atomic mass is 10.00. The Bertz CT molecular complexity index is 837. The predicted octanol–water partition coefficient (Wildman–Crippen LogP) is 4.01. The van der Waals surface area contributed by atoms with Crippen LogP contribution in [0.5, 0.6) is 0 Å². The zero-order valence-corrected chi connectivity index (χ0v) is 21.0. The van der Waals surface area contributed by atoms with Gasteiger partial charge < -0.3 is 19.5 Å². The smallest absolute Gasteiger partial charge is 0.226 e. The van der Waals surface area contributed by atoms with E-state index < -0.39 is 0 Å². The van der Waals surface area contributed by atoms with Gasteiger partial charge in [-0.3, -0.25) is 4.99 Å². The summed E-state index contributed by atoms with van der Waals surface area (Å²) in [6, 6.07) is 6.55. The molecule has 0 amide bonds. The van der Waals surface area contributed by atoms with Crippen LogP contribution in [0.3, 0.4) is 0 Å². The fourth-order valence-electron chi connectivity index (χ4n) is 3.59. The molecule has 1 unspecified atom stereocenters. The van der Waals surface area contributed by atoms with E-state index in [1.165, 1.54) is 16.7 Å². The standard InChI is InChI=1S/C22H33N5O2.HI/c1-15(2)21-25-20(29-26-21)7-6-10-24-22(23-5)27-11-12-28-19(14-27)18-9-8-16(3)13-17(18)4;/h8-9,13,15,19H,6-7,10-12,14H2,1-5H3,(H,23,24);1H. The second-order valence-corrected chi connectivity index (χ2v) is 7.94. The van der Waals surface area contributed by atoms with E-state index in [9.17, 15) is 0 Å². The number of aliphatic imine (C=N–C) groups is 1. The Morgan fingerprint density at radius 3 is 2.80 bits per heavy atom. The molecule has 1 N–H and O–H groups in total. The molecule has 0 saturated carbocycles. The van der Waals surface area contributed by atoms with Crippen LogP contribution in [-0.4, -0.2) is 54.3 Å². The van der Waals surface area contributed by atoms with Crippen molar-refractivity contribution in [2.45, 2.75) is 52.6 Å². The summed E-state index contributed by atoms with van der Waals surface area (Å²) in [5.74, 6) is 2.67. The van der Waals surface area contributed by atoms with Gasteiger partial charge in [0.2, 0.25) is 5.89 Å². The molecule has 3 rings (SSSR count). The minimum absolute atomic E-state index is 0. The highest BCUT2D eigenvalue weighted by molar-refractivity contribution is 14.0. The first-order chi connectivity index (χ1) is 14.0. The third kappa shape index (κ3) is 6.41. The highest BCUT2D eigenvalue weighted by Gasteiger charge is 2.25. The van der Waals surface area contributed by atoms with Crippen LogP contribution < -0.4 is 5.32 Å². The average Bonchev–Trinajstić information content (AvgIpc) is 3.17. The van der Waals surface area contributed by atoms with Gasteiger partial charge in [-0.2, -0.15) is 4.98 Å². The molecule has 1 aliphatic rings. The number of nitrogens with zero attached hydrogens (tertiary/aromatic N) is 4. The second-order valence-electron chi connectivity index (χ2n) is 7.94. The van der Waals surface area contributed by atoms with Gasteiger partial charge in [-0.25, -0.2) is 0 Å². The maximum absolute atomic E-state index is 6.06. The number of aromatic nitrogens is 2. The lowest BCUT2D eigenvalue weighted by Crippen LogP contribution is -2.48. The molecule has 1 atom stereocenters. The van der Waals surface area contributed by atoms with E-state index in [1.54, 1.807) is 0 Å². The van der Waals surface area contributed by atoms with Gasteiger partial charge in [0.25, 0.3) is 0 Å². The Morgan fingerprint density at radius 2 is 2.13 bits per heavy atom. The third-order valence-corrected chi connectivity index (χ3v) is 5.20. The molecule has 0 radical (unpaired) electrons. The number of rotatable bonds is 6. The van der Waals surface area contributed by atoms with Crippen LogP contribution in [0.4, 0.5) is 0 Å². The molecule has 0 bridgehead atoms. The lowest BCUT2D eigenvalue weighted by Gasteiger charge is -2.35. The number of morpholine rings is 1. The number of ether oxygens (including phenoxy) is 1. The van der Waals surface area contributed by atoms with E-state index >= 15 is 0 Å². The molecule has 2 heterocycles. The zero-order valence-electron chi connectivity index (χ0n) is 18.6. The Balaban J connectivity index is 0.00000320. The number of aryl methyl sites for hydroxylation is 3. The minimum atomic E-state index is 0. The molecule has 1 saturated heterocycles. The topological polar surface area (TPSA) is 75.8 Å². The molecule has 1 aromatic heterocycles. The van der Waals surface area contributed by atoms with Crippen molar-refractivity contribution < 1.29 is 9.26 Å². The molecule has 30 heavy (non-hydrogen) atoms. The minimum Gasteiger partial charge on any atom is -0.370 e. The van der Waals surface area contributed by atoms with E-state index in [1.807, 2.05) is 7.05 Å². The van der Waals surface area contributed by atoms with Crippen molar-refractivity contribution in [3.05, 3.63) is 46.6 Å². The van der Waals surface area contributed by atoms with E-state index in [0.717, 1.165) is 44.3 Å². The van der Waals surface area contributed by atoms with Crippen molar-refractivity contribution >= 4 is 29.9 Å². The molecule has 1 aromatic carbocycles. The molecule has 1 fully saturated rings. The Labute approximate surface area is 196 Å². The number of benzene rings is 1. The van der Waals surface area contributed by atoms with Gasteiger partial charge >= 0.3 is 0 Å². The molecular weight excluding hydrogens is 493 g/mol. The number of halogens is 1. The summed E-state index contributed by atoms with van der Waals surface area (Å²) >= 11 is 0. The summed E-state index contributed by atoms with van der Waals surface area (Å²) in [5.41, 5.74) is 3.81. The monoisotopic (exact) mass is 527 g/mol. The first-order valence-corrected chi connectivity index (χ1v) is 10.4. The molecule has 0 spiro atoms. The molecular formula is C22H34IN5O2. The summed E-state index contributed by atoms with van der Waals surface area (Å²) in [6.07, 6.45) is 1.73. The van der Waals surface area contributed by atoms with Crippen LogP contribution in [0.15, 0.2) is 27.7 Å². The Morgan fingerprint density at radius 1 is 1.33 bits per heavy atom. The van der Waals surface area contributed by atoms with Crippen molar-refractivity contribution in [3.63, 3.8) is 0 Å². The third-order valence-electron chi connectivity index (χ3n) is 5.20. The van der Waals surface area contributed by atoms with Gasteiger partial charge in [0.1, 0.15) is 6.10 Å². The normalized spacial score (nSPS) is 17.2. The van der Waals surface area contributed by atoms with Crippen LogP contribution in [-0.2, 0) is 11.2 Å². The molecule has 2 aromatic rings. The van der Waals surface area contributed by atoms with Crippen LogP contribution in [0.1, 0.15) is 60.7 Å². The quantitative estimate of drug-likeness (QED) is 0.265. The maximum atomic E-state index is 6.06. The lowest BCUT2D eigenvalue weighted by molar-refractivity contribution is -0.00831. The molecule has 8 heteroatoms. The fraction of sp³-hybridized carbons (Fsp3) is 0.591. The predicted molar refractivity (Wildman–Crippen MR) is 130 cm³/mol. The van der Waals surface area contributed by atoms with Crippen LogP contribution in [0, 0.1) is 13.8 Å². The Kier molecular flexibility index (Phi) is 9.54. The summed E-state index contributed by atoms with van der Waals surface area (Å²) in [6.45, 7) is 11.5. The maximum Gasteiger partial charge on any atom is 0.226 e. The first-order valence-electron chi connectivity index (χ1n) is 10.4. The van der Waals surface area contributed by atoms with Crippen LogP contribution >= 0.6 is 24.0 Å². The highest BCUT2D eigenvalue weighted by Crippen LogP contribution is 2.25. The average molecular weight is 527 g/mol. The van der Waals surface area contributed by atoms with Gasteiger partial charge in [-0.15, -0.1) is 24.0 Å². The van der Waals surface area contributed by atoms with E-state index in [-0.39, 0.29) is 36.0 Å². The molecule has 7 nitrogen and oxygen atoms in total. The number of hydrogen-bond acceptors (Lipinski definition) is 5. The SMILES string of the molecule is CN=C(NCCCc1nc(C(C)C)no1)N1CCOC(c2ccc(C)cc2C)C1.I. The summed E-state index contributed by atoms with van der Waals surface area (Å²) in [7, 11) is 1.83. The highest BCUT2D eigenvalue weighted by atomic mass is 127. The zero-order chi connectivity index (χ0) is 20.8. The summed E-state index contributed by atoms with van der Waals surface area (Å²) in [4.78, 5) is 11.2. The number of guanidine groups is 1. The van der Waals surface area contributed by atoms with Crippen molar-refractivity contribution in [1.29, 1.82) is 0 Å². The molecule has 0 aliphatic carbocycles. The molecule has 166 valence electrons. The van der Waals surface area contributed by atoms with Gasteiger partial charge in [-0.05, 0) is 31.4 Å². The second kappa shape index (κ2) is 11.6. The van der Waals surface area contributed by atoms with E-state index in [4.69, 9.17) is 9.26 Å². The van der Waals surface area contributed by atoms with Crippen molar-refractivity contribution in [1.82, 2.24) is 20.4 Å². The van der Waals surface area contributed by atoms with Crippen LogP contribution in [0.2, 0.25) is 0 Å². The van der Waals surface area contributed by atoms with E-state index in [0.29, 0.717) is 12.5 Å². The van der Waals surface area contributed by atoms with Gasteiger partial charge in [0.05, 0.1) is 13.2 Å². The summed E-state index contributed by atoms with van der Waals surface area (Å²) in [5, 5.41) is 7.48. The number of hydrogen-bond donors (Lipinski definition) is 1. The van der Waals surface area contributed by atoms with Gasteiger partial charge in [0.15, 0.2) is 11.8 Å². The fourth-order valence-corrected chi connectivity index (χ4v) is 3.59. The largest absolute Gasteiger partial charge is 0.370 e. The Hall–Kier alpha value is -1.68. The van der Waals surface area contributed by atoms with Crippen molar-refractivity contribution in [2.24, 2.45) is 4.99 Å².